The number of ether oxygens (including phenoxy) is 1. The molecule has 0 atom stereocenters. The van der Waals surface area contributed by atoms with Gasteiger partial charge in [-0.2, -0.15) is 0 Å². The van der Waals surface area contributed by atoms with E-state index >= 15 is 0 Å². The molecular formula is C23H21N3O2S. The van der Waals surface area contributed by atoms with Gasteiger partial charge in [0.1, 0.15) is 5.75 Å². The van der Waals surface area contributed by atoms with Crippen molar-refractivity contribution in [3.8, 4) is 5.75 Å². The van der Waals surface area contributed by atoms with E-state index in [0.29, 0.717) is 18.1 Å². The van der Waals surface area contributed by atoms with Gasteiger partial charge in [-0.15, -0.1) is 0 Å². The summed E-state index contributed by atoms with van der Waals surface area (Å²) in [5.41, 5.74) is 3.97. The van der Waals surface area contributed by atoms with Gasteiger partial charge in [0, 0.05) is 12.4 Å². The normalized spacial score (nSPS) is 10.8. The van der Waals surface area contributed by atoms with E-state index in [-0.39, 0.29) is 5.91 Å². The van der Waals surface area contributed by atoms with Crippen molar-refractivity contribution in [3.05, 3.63) is 83.7 Å². The average Bonchev–Trinajstić information content (AvgIpc) is 3.17. The van der Waals surface area contributed by atoms with Crippen LogP contribution in [-0.4, -0.2) is 23.0 Å². The summed E-state index contributed by atoms with van der Waals surface area (Å²) in [5, 5.41) is 0.675. The predicted molar refractivity (Wildman–Crippen MR) is 116 cm³/mol. The van der Waals surface area contributed by atoms with Gasteiger partial charge in [0.2, 0.25) is 5.91 Å². The quantitative estimate of drug-likeness (QED) is 0.465. The van der Waals surface area contributed by atoms with E-state index in [9.17, 15) is 4.79 Å². The van der Waals surface area contributed by atoms with Crippen molar-refractivity contribution < 1.29 is 9.53 Å². The molecule has 146 valence electrons. The molecule has 4 rings (SSSR count). The van der Waals surface area contributed by atoms with Crippen molar-refractivity contribution in [2.24, 2.45) is 0 Å². The minimum atomic E-state index is 0.00345. The second kappa shape index (κ2) is 8.41. The summed E-state index contributed by atoms with van der Waals surface area (Å²) in [6.07, 6.45) is 3.83. The maximum atomic E-state index is 13.2. The van der Waals surface area contributed by atoms with Crippen molar-refractivity contribution in [2.75, 3.05) is 12.0 Å². The Morgan fingerprint density at radius 2 is 1.93 bits per heavy atom. The Balaban J connectivity index is 1.67. The largest absolute Gasteiger partial charge is 0.497 e. The highest BCUT2D eigenvalue weighted by Gasteiger charge is 2.21. The highest BCUT2D eigenvalue weighted by molar-refractivity contribution is 7.22. The van der Waals surface area contributed by atoms with Crippen LogP contribution in [0.3, 0.4) is 0 Å². The molecule has 2 heterocycles. The van der Waals surface area contributed by atoms with Crippen LogP contribution in [0.15, 0.2) is 67.0 Å². The Labute approximate surface area is 173 Å². The van der Waals surface area contributed by atoms with Crippen LogP contribution in [0.4, 0.5) is 5.13 Å². The second-order valence-electron chi connectivity index (χ2n) is 6.83. The molecule has 0 aliphatic carbocycles. The molecular weight excluding hydrogens is 382 g/mol. The van der Waals surface area contributed by atoms with Crippen LogP contribution in [0.2, 0.25) is 0 Å². The first-order chi connectivity index (χ1) is 14.1. The third kappa shape index (κ3) is 4.43. The van der Waals surface area contributed by atoms with Crippen molar-refractivity contribution in [2.45, 2.75) is 19.9 Å². The number of pyridine rings is 1. The second-order valence-corrected chi connectivity index (χ2v) is 7.84. The average molecular weight is 404 g/mol. The molecule has 6 heteroatoms. The van der Waals surface area contributed by atoms with Gasteiger partial charge in [-0.3, -0.25) is 14.7 Å². The summed E-state index contributed by atoms with van der Waals surface area (Å²) in [4.78, 5) is 23.9. The Hall–Kier alpha value is -3.25. The number of fused-ring (bicyclic) bond motifs is 1. The first-order valence-corrected chi connectivity index (χ1v) is 10.1. The zero-order valence-corrected chi connectivity index (χ0v) is 17.1. The zero-order chi connectivity index (χ0) is 20.2. The number of amides is 1. The lowest BCUT2D eigenvalue weighted by Gasteiger charge is -2.20. The van der Waals surface area contributed by atoms with E-state index in [2.05, 4.69) is 4.98 Å². The summed E-state index contributed by atoms with van der Waals surface area (Å²) >= 11 is 1.49. The highest BCUT2D eigenvalue weighted by Crippen LogP contribution is 2.32. The summed E-state index contributed by atoms with van der Waals surface area (Å²) in [7, 11) is 1.64. The molecule has 29 heavy (non-hydrogen) atoms. The van der Waals surface area contributed by atoms with E-state index in [4.69, 9.17) is 9.72 Å². The van der Waals surface area contributed by atoms with Gasteiger partial charge >= 0.3 is 0 Å². The van der Waals surface area contributed by atoms with Gasteiger partial charge in [0.25, 0.3) is 0 Å². The summed E-state index contributed by atoms with van der Waals surface area (Å²) < 4.78 is 6.30. The Morgan fingerprint density at radius 1 is 1.10 bits per heavy atom. The van der Waals surface area contributed by atoms with E-state index in [0.717, 1.165) is 27.1 Å². The van der Waals surface area contributed by atoms with Crippen molar-refractivity contribution in [3.63, 3.8) is 0 Å². The highest BCUT2D eigenvalue weighted by atomic mass is 32.1. The van der Waals surface area contributed by atoms with E-state index < -0.39 is 0 Å². The van der Waals surface area contributed by atoms with Crippen LogP contribution >= 0.6 is 11.3 Å². The third-order valence-electron chi connectivity index (χ3n) is 4.66. The number of hydrogen-bond donors (Lipinski definition) is 0. The molecule has 0 N–H and O–H groups in total. The Bertz CT molecular complexity index is 1120. The molecule has 0 unspecified atom stereocenters. The van der Waals surface area contributed by atoms with Crippen molar-refractivity contribution >= 4 is 32.6 Å². The molecule has 0 saturated heterocycles. The molecule has 5 nitrogen and oxygen atoms in total. The fraction of sp³-hybridized carbons (Fsp3) is 0.174. The molecule has 0 aliphatic rings. The maximum Gasteiger partial charge on any atom is 0.233 e. The molecule has 0 spiro atoms. The molecule has 1 amide bonds. The molecule has 4 aromatic rings. The van der Waals surface area contributed by atoms with Gasteiger partial charge in [0.05, 0.1) is 30.3 Å². The fourth-order valence-electron chi connectivity index (χ4n) is 3.05. The molecule has 0 bridgehead atoms. The first-order valence-electron chi connectivity index (χ1n) is 9.32. The number of methoxy groups -OCH3 is 1. The molecule has 0 fully saturated rings. The molecule has 2 aromatic heterocycles. The van der Waals surface area contributed by atoms with Gasteiger partial charge in [0.15, 0.2) is 5.13 Å². The number of benzene rings is 2. The summed E-state index contributed by atoms with van der Waals surface area (Å²) in [6, 6.07) is 17.6. The van der Waals surface area contributed by atoms with Crippen LogP contribution < -0.4 is 9.64 Å². The van der Waals surface area contributed by atoms with Gasteiger partial charge < -0.3 is 4.74 Å². The van der Waals surface area contributed by atoms with E-state index in [1.165, 1.54) is 16.9 Å². The van der Waals surface area contributed by atoms with Crippen LogP contribution in [0.5, 0.6) is 5.75 Å². The lowest BCUT2D eigenvalue weighted by atomic mass is 10.1. The number of aryl methyl sites for hydroxylation is 1. The van der Waals surface area contributed by atoms with Crippen LogP contribution in [0.25, 0.3) is 10.2 Å². The SMILES string of the molecule is COc1ccc2nc(N(Cc3cccnc3)C(=O)Cc3ccc(C)cc3)sc2c1. The first kappa shape index (κ1) is 19.1. The fourth-order valence-corrected chi connectivity index (χ4v) is 4.06. The molecule has 0 aliphatic heterocycles. The minimum absolute atomic E-state index is 0.00345. The number of hydrogen-bond acceptors (Lipinski definition) is 5. The summed E-state index contributed by atoms with van der Waals surface area (Å²) in [6.45, 7) is 2.46. The standard InChI is InChI=1S/C23H21N3O2S/c1-16-5-7-17(8-6-16)12-22(27)26(15-18-4-3-11-24-14-18)23-25-20-10-9-19(28-2)13-21(20)29-23/h3-11,13-14H,12,15H2,1-2H3. The lowest BCUT2D eigenvalue weighted by molar-refractivity contribution is -0.118. The van der Waals surface area contributed by atoms with Crippen molar-refractivity contribution in [1.82, 2.24) is 9.97 Å². The van der Waals surface area contributed by atoms with Crippen LogP contribution in [0.1, 0.15) is 16.7 Å². The summed E-state index contributed by atoms with van der Waals surface area (Å²) in [5.74, 6) is 0.779. The smallest absolute Gasteiger partial charge is 0.233 e. The number of thiazole rings is 1. The number of aromatic nitrogens is 2. The molecule has 0 saturated carbocycles. The third-order valence-corrected chi connectivity index (χ3v) is 5.70. The van der Waals surface area contributed by atoms with Crippen LogP contribution in [-0.2, 0) is 17.8 Å². The topological polar surface area (TPSA) is 55.3 Å². The lowest BCUT2D eigenvalue weighted by Crippen LogP contribution is -2.31. The monoisotopic (exact) mass is 403 g/mol. The van der Waals surface area contributed by atoms with E-state index in [1.54, 1.807) is 24.4 Å². The van der Waals surface area contributed by atoms with Crippen molar-refractivity contribution in [1.29, 1.82) is 0 Å². The van der Waals surface area contributed by atoms with Gasteiger partial charge in [-0.05, 0) is 42.3 Å². The minimum Gasteiger partial charge on any atom is -0.497 e. The predicted octanol–water partition coefficient (Wildman–Crippen LogP) is 4.78. The molecule has 2 aromatic carbocycles. The zero-order valence-electron chi connectivity index (χ0n) is 16.3. The number of carbonyl (C=O) groups excluding carboxylic acids is 1. The van der Waals surface area contributed by atoms with Gasteiger partial charge in [-0.25, -0.2) is 4.98 Å². The number of carbonyl (C=O) groups is 1. The number of anilines is 1. The molecule has 0 radical (unpaired) electrons. The Kier molecular flexibility index (Phi) is 5.53. The van der Waals surface area contributed by atoms with E-state index in [1.807, 2.05) is 61.5 Å². The maximum absolute atomic E-state index is 13.2. The number of nitrogens with zero attached hydrogens (tertiary/aromatic N) is 3. The van der Waals surface area contributed by atoms with Crippen LogP contribution in [0, 0.1) is 6.92 Å². The number of rotatable bonds is 6. The Morgan fingerprint density at radius 3 is 2.66 bits per heavy atom. The van der Waals surface area contributed by atoms with Gasteiger partial charge in [-0.1, -0.05) is 47.2 Å².